The van der Waals surface area contributed by atoms with Crippen LogP contribution in [0.5, 0.6) is 0 Å². The molecule has 0 rings (SSSR count). The Bertz CT molecular complexity index is 179. The fourth-order valence-corrected chi connectivity index (χ4v) is 0.652. The van der Waals surface area contributed by atoms with E-state index in [9.17, 15) is 4.79 Å². The molecule has 12 heavy (non-hydrogen) atoms. The summed E-state index contributed by atoms with van der Waals surface area (Å²) in [7, 11) is 1.58. The largest absolute Gasteiger partial charge is 0.461 e. The molecule has 0 radical (unpaired) electrons. The van der Waals surface area contributed by atoms with Gasteiger partial charge in [-0.1, -0.05) is 0 Å². The van der Waals surface area contributed by atoms with Crippen molar-refractivity contribution >= 4 is 11.9 Å². The van der Waals surface area contributed by atoms with Gasteiger partial charge in [-0.2, -0.15) is 0 Å². The number of carbonyl (C=O) groups is 1. The number of nitrogens with zero attached hydrogens (tertiary/aromatic N) is 1. The van der Waals surface area contributed by atoms with Crippen LogP contribution in [0, 0.1) is 0 Å². The summed E-state index contributed by atoms with van der Waals surface area (Å²) < 4.78 is 4.83. The monoisotopic (exact) mass is 173 g/mol. The molecule has 0 aromatic rings. The number of hydrogen-bond donors (Lipinski definition) is 2. The smallest absolute Gasteiger partial charge is 0.302 e. The van der Waals surface area contributed by atoms with Crippen molar-refractivity contribution < 1.29 is 9.53 Å². The van der Waals surface area contributed by atoms with Crippen LogP contribution in [0.2, 0.25) is 0 Å². The lowest BCUT2D eigenvalue weighted by molar-refractivity contribution is -0.145. The van der Waals surface area contributed by atoms with Crippen molar-refractivity contribution in [2.75, 3.05) is 13.6 Å². The minimum Gasteiger partial charge on any atom is -0.461 e. The fraction of sp³-hybridized carbons (Fsp3) is 0.714. The summed E-state index contributed by atoms with van der Waals surface area (Å²) in [6.45, 7) is 3.62. The first kappa shape index (κ1) is 10.7. The minimum absolute atomic E-state index is 0.192. The molecule has 70 valence electrons. The maximum absolute atomic E-state index is 10.5. The molecule has 0 aromatic carbocycles. The van der Waals surface area contributed by atoms with Gasteiger partial charge in [-0.05, 0) is 6.92 Å². The summed E-state index contributed by atoms with van der Waals surface area (Å²) in [5, 5.41) is 2.79. The first-order valence-corrected chi connectivity index (χ1v) is 3.69. The van der Waals surface area contributed by atoms with Crippen molar-refractivity contribution in [3.05, 3.63) is 0 Å². The number of carbonyl (C=O) groups excluding carboxylic acids is 1. The molecule has 5 nitrogen and oxygen atoms in total. The van der Waals surface area contributed by atoms with Crippen LogP contribution in [0.25, 0.3) is 0 Å². The molecule has 0 aliphatic heterocycles. The van der Waals surface area contributed by atoms with Crippen LogP contribution in [0.4, 0.5) is 0 Å². The maximum Gasteiger partial charge on any atom is 0.302 e. The number of nitrogens with two attached hydrogens (primary N) is 1. The Kier molecular flexibility index (Phi) is 4.83. The molecule has 0 bridgehead atoms. The lowest BCUT2D eigenvalue weighted by atomic mass is 10.4. The van der Waals surface area contributed by atoms with Gasteiger partial charge >= 0.3 is 5.97 Å². The Morgan fingerprint density at radius 3 is 2.75 bits per heavy atom. The molecule has 1 atom stereocenters. The van der Waals surface area contributed by atoms with Crippen LogP contribution in [-0.4, -0.2) is 31.6 Å². The first-order valence-electron chi connectivity index (χ1n) is 3.69. The summed E-state index contributed by atoms with van der Waals surface area (Å²) >= 11 is 0. The van der Waals surface area contributed by atoms with E-state index in [0.29, 0.717) is 12.5 Å². The van der Waals surface area contributed by atoms with Crippen molar-refractivity contribution in [3.8, 4) is 0 Å². The van der Waals surface area contributed by atoms with Crippen LogP contribution in [0.1, 0.15) is 13.8 Å². The highest BCUT2D eigenvalue weighted by Crippen LogP contribution is 1.88. The van der Waals surface area contributed by atoms with E-state index in [0.717, 1.165) is 0 Å². The molecule has 1 unspecified atom stereocenters. The topological polar surface area (TPSA) is 76.7 Å². The number of ether oxygens (including phenoxy) is 1. The number of esters is 1. The second-order valence-electron chi connectivity index (χ2n) is 2.41. The van der Waals surface area contributed by atoms with Gasteiger partial charge in [-0.15, -0.1) is 0 Å². The van der Waals surface area contributed by atoms with Crippen molar-refractivity contribution in [1.29, 1.82) is 0 Å². The standard InChI is InChI=1S/C7H15N3O2/c1-5(12-6(2)11)4-10-7(8)9-3/h5H,4H2,1-3H3,(H3,8,9,10). The normalized spacial score (nSPS) is 13.8. The van der Waals surface area contributed by atoms with Crippen molar-refractivity contribution in [2.45, 2.75) is 20.0 Å². The summed E-state index contributed by atoms with van der Waals surface area (Å²) in [5.74, 6) is 0.0466. The minimum atomic E-state index is -0.295. The number of nitrogens with one attached hydrogen (secondary N) is 1. The molecule has 0 saturated carbocycles. The zero-order valence-corrected chi connectivity index (χ0v) is 7.63. The van der Waals surface area contributed by atoms with Crippen molar-refractivity contribution in [3.63, 3.8) is 0 Å². The van der Waals surface area contributed by atoms with Crippen molar-refractivity contribution in [1.82, 2.24) is 5.32 Å². The summed E-state index contributed by atoms with van der Waals surface area (Å²) in [5.41, 5.74) is 5.35. The molecule has 5 heteroatoms. The predicted octanol–water partition coefficient (Wildman–Crippen LogP) is -0.528. The summed E-state index contributed by atoms with van der Waals surface area (Å²) in [4.78, 5) is 14.1. The molecular formula is C7H15N3O2. The van der Waals surface area contributed by atoms with Gasteiger partial charge in [0, 0.05) is 14.0 Å². The lowest BCUT2D eigenvalue weighted by Gasteiger charge is -2.12. The van der Waals surface area contributed by atoms with E-state index in [4.69, 9.17) is 10.5 Å². The Labute approximate surface area is 72.0 Å². The molecule has 3 N–H and O–H groups in total. The van der Waals surface area contributed by atoms with E-state index in [2.05, 4.69) is 10.3 Å². The number of guanidine groups is 1. The molecule has 0 aliphatic rings. The van der Waals surface area contributed by atoms with Gasteiger partial charge in [-0.25, -0.2) is 0 Å². The van der Waals surface area contributed by atoms with E-state index in [-0.39, 0.29) is 12.1 Å². The molecule has 0 fully saturated rings. The van der Waals surface area contributed by atoms with E-state index >= 15 is 0 Å². The highest BCUT2D eigenvalue weighted by Gasteiger charge is 2.04. The quantitative estimate of drug-likeness (QED) is 0.342. The average molecular weight is 173 g/mol. The molecular weight excluding hydrogens is 158 g/mol. The Morgan fingerprint density at radius 2 is 2.33 bits per heavy atom. The van der Waals surface area contributed by atoms with Crippen LogP contribution >= 0.6 is 0 Å². The van der Waals surface area contributed by atoms with Crippen LogP contribution in [-0.2, 0) is 9.53 Å². The Morgan fingerprint density at radius 1 is 1.75 bits per heavy atom. The third-order valence-electron chi connectivity index (χ3n) is 1.18. The third kappa shape index (κ3) is 5.52. The highest BCUT2D eigenvalue weighted by molar-refractivity contribution is 5.77. The Balaban J connectivity index is 3.57. The predicted molar refractivity (Wildman–Crippen MR) is 46.8 cm³/mol. The summed E-state index contributed by atoms with van der Waals surface area (Å²) in [6, 6.07) is 0. The number of aliphatic imine (C=N–C) groups is 1. The summed E-state index contributed by atoms with van der Waals surface area (Å²) in [6.07, 6.45) is -0.192. The van der Waals surface area contributed by atoms with E-state index < -0.39 is 0 Å². The van der Waals surface area contributed by atoms with Gasteiger partial charge in [0.25, 0.3) is 0 Å². The maximum atomic E-state index is 10.5. The third-order valence-corrected chi connectivity index (χ3v) is 1.18. The molecule has 0 amide bonds. The zero-order chi connectivity index (χ0) is 9.56. The Hall–Kier alpha value is -1.26. The average Bonchev–Trinajstić information content (AvgIpc) is 1.99. The van der Waals surface area contributed by atoms with Crippen LogP contribution in [0.3, 0.4) is 0 Å². The van der Waals surface area contributed by atoms with Gasteiger partial charge < -0.3 is 15.8 Å². The van der Waals surface area contributed by atoms with Gasteiger partial charge in [0.05, 0.1) is 6.54 Å². The van der Waals surface area contributed by atoms with Crippen LogP contribution < -0.4 is 11.1 Å². The van der Waals surface area contributed by atoms with Crippen molar-refractivity contribution in [2.24, 2.45) is 10.7 Å². The van der Waals surface area contributed by atoms with Gasteiger partial charge in [0.1, 0.15) is 6.10 Å². The second kappa shape index (κ2) is 5.40. The SMILES string of the molecule is CN=C(N)NCC(C)OC(C)=O. The molecule has 0 saturated heterocycles. The first-order chi connectivity index (χ1) is 5.56. The number of hydrogen-bond acceptors (Lipinski definition) is 3. The van der Waals surface area contributed by atoms with Gasteiger partial charge in [0.2, 0.25) is 0 Å². The van der Waals surface area contributed by atoms with E-state index in [1.54, 1.807) is 14.0 Å². The fourth-order valence-electron chi connectivity index (χ4n) is 0.652. The van der Waals surface area contributed by atoms with E-state index in [1.807, 2.05) is 0 Å². The molecule has 0 spiro atoms. The van der Waals surface area contributed by atoms with E-state index in [1.165, 1.54) is 6.92 Å². The van der Waals surface area contributed by atoms with Gasteiger partial charge in [0.15, 0.2) is 5.96 Å². The molecule has 0 aromatic heterocycles. The van der Waals surface area contributed by atoms with Crippen LogP contribution in [0.15, 0.2) is 4.99 Å². The number of rotatable bonds is 3. The lowest BCUT2D eigenvalue weighted by Crippen LogP contribution is -2.37. The van der Waals surface area contributed by atoms with Gasteiger partial charge in [-0.3, -0.25) is 9.79 Å². The zero-order valence-electron chi connectivity index (χ0n) is 7.63. The molecule has 0 aliphatic carbocycles. The highest BCUT2D eigenvalue weighted by atomic mass is 16.5. The molecule has 0 heterocycles. The second-order valence-corrected chi connectivity index (χ2v) is 2.41.